The van der Waals surface area contributed by atoms with Crippen LogP contribution in [0.2, 0.25) is 0 Å². The lowest BCUT2D eigenvalue weighted by Gasteiger charge is -2.36. The van der Waals surface area contributed by atoms with E-state index < -0.39 is 29.9 Å². The highest BCUT2D eigenvalue weighted by Crippen LogP contribution is 2.39. The largest absolute Gasteiger partial charge is 0.452 e. The maximum absolute atomic E-state index is 13.2. The lowest BCUT2D eigenvalue weighted by molar-refractivity contribution is -0.179. The predicted molar refractivity (Wildman–Crippen MR) is 141 cm³/mol. The smallest absolute Gasteiger partial charge is 0.340 e. The lowest BCUT2D eigenvalue weighted by atomic mass is 9.94. The zero-order chi connectivity index (χ0) is 25.4. The number of esters is 1. The van der Waals surface area contributed by atoms with Gasteiger partial charge in [0.1, 0.15) is 6.10 Å². The summed E-state index contributed by atoms with van der Waals surface area (Å²) in [4.78, 5) is 13.2. The van der Waals surface area contributed by atoms with Crippen molar-refractivity contribution in [3.05, 3.63) is 144 Å². The fraction of sp³-hybridized carbons (Fsp3) is 0.219. The number of ether oxygens (including phenoxy) is 2. The van der Waals surface area contributed by atoms with Crippen LogP contribution in [0.15, 0.2) is 121 Å². The molecular weight excluding hydrogens is 448 g/mol. The van der Waals surface area contributed by atoms with Gasteiger partial charge in [-0.1, -0.05) is 121 Å². The number of aliphatic hydroxyl groups is 1. The summed E-state index contributed by atoms with van der Waals surface area (Å²) < 4.78 is 12.8. The molecule has 184 valence electrons. The average molecular weight is 481 g/mol. The molecule has 4 heteroatoms. The van der Waals surface area contributed by atoms with E-state index in [0.717, 1.165) is 16.7 Å². The zero-order valence-electron chi connectivity index (χ0n) is 20.7. The summed E-state index contributed by atoms with van der Waals surface area (Å²) in [5.41, 5.74) is 2.74. The predicted octanol–water partition coefficient (Wildman–Crippen LogP) is 6.78. The van der Waals surface area contributed by atoms with Crippen molar-refractivity contribution in [3.63, 3.8) is 0 Å². The summed E-state index contributed by atoms with van der Waals surface area (Å²) in [5.74, 6) is -0.722. The van der Waals surface area contributed by atoms with Crippen LogP contribution in [0.1, 0.15) is 54.4 Å². The summed E-state index contributed by atoms with van der Waals surface area (Å²) >= 11 is 0. The van der Waals surface area contributed by atoms with Crippen LogP contribution in [0.4, 0.5) is 0 Å². The van der Waals surface area contributed by atoms with Crippen molar-refractivity contribution in [1.29, 1.82) is 0 Å². The first-order chi connectivity index (χ1) is 17.4. The van der Waals surface area contributed by atoms with Crippen LogP contribution in [0.5, 0.6) is 0 Å². The van der Waals surface area contributed by atoms with Gasteiger partial charge in [-0.2, -0.15) is 0 Å². The van der Waals surface area contributed by atoms with Gasteiger partial charge in [-0.3, -0.25) is 0 Å². The van der Waals surface area contributed by atoms with Gasteiger partial charge in [0, 0.05) is 6.42 Å². The number of carbonyl (C=O) groups excluding carboxylic acids is 1. The molecule has 0 aliphatic carbocycles. The van der Waals surface area contributed by atoms with Crippen molar-refractivity contribution in [2.45, 2.75) is 44.2 Å². The van der Waals surface area contributed by atoms with Gasteiger partial charge in [0.15, 0.2) is 12.2 Å². The van der Waals surface area contributed by atoms with Crippen LogP contribution in [0, 0.1) is 0 Å². The highest BCUT2D eigenvalue weighted by atomic mass is 16.6. The van der Waals surface area contributed by atoms with Crippen LogP contribution in [0.3, 0.4) is 0 Å². The minimum Gasteiger partial charge on any atom is -0.452 e. The topological polar surface area (TPSA) is 55.8 Å². The van der Waals surface area contributed by atoms with Crippen molar-refractivity contribution in [2.75, 3.05) is 0 Å². The fourth-order valence-electron chi connectivity index (χ4n) is 4.33. The van der Waals surface area contributed by atoms with E-state index in [9.17, 15) is 9.90 Å². The molecule has 0 aliphatic rings. The maximum Gasteiger partial charge on any atom is 0.340 e. The second-order valence-electron chi connectivity index (χ2n) is 9.45. The summed E-state index contributed by atoms with van der Waals surface area (Å²) in [5, 5.41) is 10.7. The van der Waals surface area contributed by atoms with E-state index in [1.807, 2.05) is 98.8 Å². The molecule has 0 spiro atoms. The van der Waals surface area contributed by atoms with Crippen LogP contribution in [-0.4, -0.2) is 16.7 Å². The third kappa shape index (κ3) is 6.69. The summed E-state index contributed by atoms with van der Waals surface area (Å²) in [6.45, 7) is 4.08. The molecule has 1 N–H and O–H groups in total. The third-order valence-corrected chi connectivity index (χ3v) is 6.03. The van der Waals surface area contributed by atoms with Crippen molar-refractivity contribution in [2.24, 2.45) is 0 Å². The SMILES string of the molecule is CC(C)(Cc1ccccc1)O[C@@H](c1ccccc1)[C@H](OC(=O)[C@@H](O)c1ccccc1)c1ccccc1. The normalized spacial score (nSPS) is 14.0. The average Bonchev–Trinajstić information content (AvgIpc) is 2.92. The molecule has 0 saturated heterocycles. The molecule has 0 saturated carbocycles. The Bertz CT molecular complexity index is 1210. The van der Waals surface area contributed by atoms with Crippen LogP contribution >= 0.6 is 0 Å². The molecule has 0 fully saturated rings. The van der Waals surface area contributed by atoms with Gasteiger partial charge < -0.3 is 14.6 Å². The van der Waals surface area contributed by atoms with Crippen molar-refractivity contribution in [3.8, 4) is 0 Å². The number of benzene rings is 4. The zero-order valence-corrected chi connectivity index (χ0v) is 20.7. The van der Waals surface area contributed by atoms with Crippen LogP contribution < -0.4 is 0 Å². The van der Waals surface area contributed by atoms with Gasteiger partial charge in [-0.05, 0) is 36.1 Å². The van der Waals surface area contributed by atoms with E-state index in [1.165, 1.54) is 0 Å². The van der Waals surface area contributed by atoms with Crippen LogP contribution in [-0.2, 0) is 20.7 Å². The Kier molecular flexibility index (Phi) is 8.32. The second-order valence-corrected chi connectivity index (χ2v) is 9.45. The fourth-order valence-corrected chi connectivity index (χ4v) is 4.33. The Hall–Kier alpha value is -3.73. The van der Waals surface area contributed by atoms with E-state index in [1.54, 1.807) is 24.3 Å². The van der Waals surface area contributed by atoms with Gasteiger partial charge in [0.05, 0.1) is 5.60 Å². The first-order valence-electron chi connectivity index (χ1n) is 12.2. The molecule has 4 aromatic rings. The van der Waals surface area contributed by atoms with E-state index in [-0.39, 0.29) is 0 Å². The third-order valence-electron chi connectivity index (χ3n) is 6.03. The monoisotopic (exact) mass is 480 g/mol. The Morgan fingerprint density at radius 2 is 1.08 bits per heavy atom. The number of rotatable bonds is 10. The van der Waals surface area contributed by atoms with Gasteiger partial charge in [0.25, 0.3) is 0 Å². The molecule has 3 atom stereocenters. The van der Waals surface area contributed by atoms with Gasteiger partial charge in [-0.15, -0.1) is 0 Å². The van der Waals surface area contributed by atoms with Crippen LogP contribution in [0.25, 0.3) is 0 Å². The van der Waals surface area contributed by atoms with Crippen molar-refractivity contribution < 1.29 is 19.4 Å². The van der Waals surface area contributed by atoms with Crippen molar-refractivity contribution >= 4 is 5.97 Å². The number of hydrogen-bond donors (Lipinski definition) is 1. The summed E-state index contributed by atoms with van der Waals surface area (Å²) in [6, 6.07) is 38.3. The molecule has 0 unspecified atom stereocenters. The first kappa shape index (κ1) is 25.4. The van der Waals surface area contributed by atoms with Gasteiger partial charge >= 0.3 is 5.97 Å². The molecule has 4 aromatic carbocycles. The Morgan fingerprint density at radius 1 is 0.667 bits per heavy atom. The Labute approximate surface area is 213 Å². The summed E-state index contributed by atoms with van der Waals surface area (Å²) in [6.07, 6.45) is -2.08. The number of hydrogen-bond acceptors (Lipinski definition) is 4. The molecule has 36 heavy (non-hydrogen) atoms. The van der Waals surface area contributed by atoms with E-state index in [4.69, 9.17) is 9.47 Å². The molecule has 0 amide bonds. The molecule has 0 heterocycles. The molecule has 0 radical (unpaired) electrons. The maximum atomic E-state index is 13.2. The molecule has 0 bridgehead atoms. The lowest BCUT2D eigenvalue weighted by Crippen LogP contribution is -2.33. The quantitative estimate of drug-likeness (QED) is 0.254. The van der Waals surface area contributed by atoms with E-state index >= 15 is 0 Å². The van der Waals surface area contributed by atoms with Gasteiger partial charge in [-0.25, -0.2) is 4.79 Å². The first-order valence-corrected chi connectivity index (χ1v) is 12.2. The highest BCUT2D eigenvalue weighted by molar-refractivity contribution is 5.76. The molecular formula is C32H32O4. The minimum absolute atomic E-state index is 0.482. The second kappa shape index (κ2) is 11.8. The number of aliphatic hydroxyl groups excluding tert-OH is 1. The van der Waals surface area contributed by atoms with Gasteiger partial charge in [0.2, 0.25) is 0 Å². The van der Waals surface area contributed by atoms with E-state index in [0.29, 0.717) is 12.0 Å². The van der Waals surface area contributed by atoms with Crippen molar-refractivity contribution in [1.82, 2.24) is 0 Å². The molecule has 0 aliphatic heterocycles. The van der Waals surface area contributed by atoms with E-state index in [2.05, 4.69) is 12.1 Å². The molecule has 4 nitrogen and oxygen atoms in total. The highest BCUT2D eigenvalue weighted by Gasteiger charge is 2.36. The summed E-state index contributed by atoms with van der Waals surface area (Å²) in [7, 11) is 0. The minimum atomic E-state index is -1.40. The molecule has 4 rings (SSSR count). The molecule has 0 aromatic heterocycles. The number of carbonyl (C=O) groups is 1. The Morgan fingerprint density at radius 3 is 1.58 bits per heavy atom. The Balaban J connectivity index is 1.68. The standard InChI is InChI=1S/C32H32O4/c1-32(2,23-24-15-7-3-8-16-24)36-30(27-21-13-6-14-22-27)29(26-19-11-5-12-20-26)35-31(34)28(33)25-17-9-4-10-18-25/h3-22,28-30,33H,23H2,1-2H3/t28-,29+,30-/m0/s1.